The van der Waals surface area contributed by atoms with E-state index in [1.807, 2.05) is 43.3 Å². The lowest BCUT2D eigenvalue weighted by Crippen LogP contribution is -2.25. The lowest BCUT2D eigenvalue weighted by Gasteiger charge is -2.27. The van der Waals surface area contributed by atoms with E-state index < -0.39 is 0 Å². The van der Waals surface area contributed by atoms with Gasteiger partial charge in [0.25, 0.3) is 0 Å². The summed E-state index contributed by atoms with van der Waals surface area (Å²) in [6.45, 7) is 6.93. The third-order valence-electron chi connectivity index (χ3n) is 3.93. The van der Waals surface area contributed by atoms with Crippen LogP contribution in [-0.4, -0.2) is 12.7 Å². The van der Waals surface area contributed by atoms with E-state index in [1.54, 1.807) is 0 Å². The van der Waals surface area contributed by atoms with Gasteiger partial charge < -0.3 is 9.47 Å². The van der Waals surface area contributed by atoms with Crippen LogP contribution in [0.3, 0.4) is 0 Å². The average molecular weight is 533 g/mol. The van der Waals surface area contributed by atoms with Crippen molar-refractivity contribution < 1.29 is 9.47 Å². The van der Waals surface area contributed by atoms with Gasteiger partial charge in [0, 0.05) is 5.92 Å². The summed E-state index contributed by atoms with van der Waals surface area (Å²) >= 11 is 10.7. The van der Waals surface area contributed by atoms with Crippen molar-refractivity contribution >= 4 is 47.8 Å². The molecule has 0 amide bonds. The Balaban J connectivity index is 2.35. The molecule has 0 aliphatic carbocycles. The molecule has 2 atom stereocenters. The number of ether oxygens (including phenoxy) is 2. The molecule has 0 heterocycles. The lowest BCUT2D eigenvalue weighted by atomic mass is 9.91. The standard InChI is InChI=1S/C20H21Br3O2/c1-4-24-16-10-11-17(13(2)12-16)14(3)19(18(21)20(22)23)25-15-8-6-5-7-9-15/h5-12,14,19H,4H2,1-3H3. The molecule has 0 spiro atoms. The van der Waals surface area contributed by atoms with Crippen molar-refractivity contribution in [2.45, 2.75) is 32.8 Å². The normalized spacial score (nSPS) is 13.0. The number of halogens is 3. The van der Waals surface area contributed by atoms with Crippen molar-refractivity contribution in [2.75, 3.05) is 6.61 Å². The van der Waals surface area contributed by atoms with Crippen molar-refractivity contribution in [1.82, 2.24) is 0 Å². The van der Waals surface area contributed by atoms with Crippen LogP contribution in [-0.2, 0) is 0 Å². The molecule has 0 radical (unpaired) electrons. The van der Waals surface area contributed by atoms with Gasteiger partial charge in [0.2, 0.25) is 0 Å². The first-order chi connectivity index (χ1) is 11.9. The zero-order valence-electron chi connectivity index (χ0n) is 14.4. The van der Waals surface area contributed by atoms with Gasteiger partial charge in [-0.1, -0.05) is 31.2 Å². The Morgan fingerprint density at radius 2 is 1.68 bits per heavy atom. The van der Waals surface area contributed by atoms with Gasteiger partial charge in [-0.3, -0.25) is 0 Å². The summed E-state index contributed by atoms with van der Waals surface area (Å²) in [5, 5.41) is 0. The summed E-state index contributed by atoms with van der Waals surface area (Å²) in [5.74, 6) is 1.87. The topological polar surface area (TPSA) is 18.5 Å². The summed E-state index contributed by atoms with van der Waals surface area (Å²) in [6, 6.07) is 16.1. The van der Waals surface area contributed by atoms with E-state index in [0.29, 0.717) is 6.61 Å². The SMILES string of the molecule is CCOc1ccc(C(C)C(Oc2ccccc2)C(Br)=C(Br)Br)c(C)c1. The Hall–Kier alpha value is -0.780. The fraction of sp³-hybridized carbons (Fsp3) is 0.300. The number of benzene rings is 2. The maximum absolute atomic E-state index is 6.29. The Morgan fingerprint density at radius 1 is 1.00 bits per heavy atom. The fourth-order valence-corrected chi connectivity index (χ4v) is 3.65. The number of para-hydroxylation sites is 1. The second kappa shape index (κ2) is 9.79. The zero-order valence-corrected chi connectivity index (χ0v) is 19.2. The van der Waals surface area contributed by atoms with Crippen LogP contribution in [0.2, 0.25) is 0 Å². The molecule has 0 aliphatic rings. The van der Waals surface area contributed by atoms with Crippen LogP contribution in [0.25, 0.3) is 0 Å². The highest BCUT2D eigenvalue weighted by atomic mass is 79.9. The quantitative estimate of drug-likeness (QED) is 0.372. The minimum Gasteiger partial charge on any atom is -0.494 e. The van der Waals surface area contributed by atoms with Crippen LogP contribution in [0.4, 0.5) is 0 Å². The number of rotatable bonds is 7. The highest BCUT2D eigenvalue weighted by Gasteiger charge is 2.26. The van der Waals surface area contributed by atoms with Crippen LogP contribution in [0.5, 0.6) is 11.5 Å². The van der Waals surface area contributed by atoms with E-state index in [1.165, 1.54) is 11.1 Å². The second-order valence-corrected chi connectivity index (χ2v) is 9.20. The van der Waals surface area contributed by atoms with E-state index in [4.69, 9.17) is 9.47 Å². The highest BCUT2D eigenvalue weighted by Crippen LogP contribution is 2.37. The Morgan fingerprint density at radius 3 is 2.24 bits per heavy atom. The van der Waals surface area contributed by atoms with Crippen LogP contribution in [0.15, 0.2) is 56.4 Å². The molecule has 2 aromatic carbocycles. The molecule has 5 heteroatoms. The molecule has 2 rings (SSSR count). The van der Waals surface area contributed by atoms with Crippen molar-refractivity contribution in [1.29, 1.82) is 0 Å². The molecular weight excluding hydrogens is 512 g/mol. The van der Waals surface area contributed by atoms with Crippen LogP contribution in [0.1, 0.15) is 30.9 Å². The predicted octanol–water partition coefficient (Wildman–Crippen LogP) is 7.30. The molecule has 0 aromatic heterocycles. The molecule has 2 aromatic rings. The minimum absolute atomic E-state index is 0.135. The molecule has 2 nitrogen and oxygen atoms in total. The van der Waals surface area contributed by atoms with Crippen LogP contribution in [0, 0.1) is 6.92 Å². The van der Waals surface area contributed by atoms with Crippen molar-refractivity contribution in [2.24, 2.45) is 0 Å². The summed E-state index contributed by atoms with van der Waals surface area (Å²) in [7, 11) is 0. The molecule has 0 fully saturated rings. The third-order valence-corrected chi connectivity index (χ3v) is 6.70. The lowest BCUT2D eigenvalue weighted by molar-refractivity contribution is 0.220. The molecule has 0 bridgehead atoms. The van der Waals surface area contributed by atoms with Crippen LogP contribution >= 0.6 is 47.8 Å². The molecule has 0 N–H and O–H groups in total. The number of hydrogen-bond donors (Lipinski definition) is 0. The molecular formula is C20H21Br3O2. The second-order valence-electron chi connectivity index (χ2n) is 5.70. The average Bonchev–Trinajstić information content (AvgIpc) is 2.60. The van der Waals surface area contributed by atoms with Gasteiger partial charge in [0.15, 0.2) is 0 Å². The molecule has 0 saturated heterocycles. The molecule has 0 aliphatic heterocycles. The number of hydrogen-bond acceptors (Lipinski definition) is 2. The van der Waals surface area contributed by atoms with Gasteiger partial charge in [-0.15, -0.1) is 0 Å². The first-order valence-corrected chi connectivity index (χ1v) is 10.5. The zero-order chi connectivity index (χ0) is 18.4. The molecule has 25 heavy (non-hydrogen) atoms. The van der Waals surface area contributed by atoms with Gasteiger partial charge in [-0.05, 0) is 97.0 Å². The Kier molecular flexibility index (Phi) is 8.04. The summed E-state index contributed by atoms with van der Waals surface area (Å²) < 4.78 is 13.7. The van der Waals surface area contributed by atoms with Crippen molar-refractivity contribution in [3.05, 3.63) is 67.5 Å². The fourth-order valence-electron chi connectivity index (χ4n) is 2.71. The van der Waals surface area contributed by atoms with Crippen LogP contribution < -0.4 is 9.47 Å². The first-order valence-electron chi connectivity index (χ1n) is 8.09. The maximum Gasteiger partial charge on any atom is 0.138 e. The largest absolute Gasteiger partial charge is 0.494 e. The minimum atomic E-state index is -0.173. The van der Waals surface area contributed by atoms with E-state index in [-0.39, 0.29) is 12.0 Å². The first kappa shape index (κ1) is 20.5. The summed E-state index contributed by atoms with van der Waals surface area (Å²) in [5.41, 5.74) is 2.41. The summed E-state index contributed by atoms with van der Waals surface area (Å²) in [6.07, 6.45) is -0.173. The molecule has 0 saturated carbocycles. The van der Waals surface area contributed by atoms with Gasteiger partial charge >= 0.3 is 0 Å². The van der Waals surface area contributed by atoms with E-state index >= 15 is 0 Å². The third kappa shape index (κ3) is 5.60. The predicted molar refractivity (Wildman–Crippen MR) is 115 cm³/mol. The monoisotopic (exact) mass is 530 g/mol. The van der Waals surface area contributed by atoms with E-state index in [2.05, 4.69) is 73.8 Å². The maximum atomic E-state index is 6.29. The molecule has 2 unspecified atom stereocenters. The van der Waals surface area contributed by atoms with Gasteiger partial charge in [0.1, 0.15) is 17.6 Å². The smallest absolute Gasteiger partial charge is 0.138 e. The van der Waals surface area contributed by atoms with E-state index in [0.717, 1.165) is 19.4 Å². The highest BCUT2D eigenvalue weighted by molar-refractivity contribution is 9.29. The van der Waals surface area contributed by atoms with Gasteiger partial charge in [-0.2, -0.15) is 0 Å². The van der Waals surface area contributed by atoms with Gasteiger partial charge in [0.05, 0.1) is 14.5 Å². The van der Waals surface area contributed by atoms with Crippen molar-refractivity contribution in [3.8, 4) is 11.5 Å². The summed E-state index contributed by atoms with van der Waals surface area (Å²) in [4.78, 5) is 0. The Labute approximate surface area is 175 Å². The molecule has 134 valence electrons. The van der Waals surface area contributed by atoms with Gasteiger partial charge in [-0.25, -0.2) is 0 Å². The van der Waals surface area contributed by atoms with Crippen molar-refractivity contribution in [3.63, 3.8) is 0 Å². The number of aryl methyl sites for hydroxylation is 1. The Bertz CT molecular complexity index is 725. The van der Waals surface area contributed by atoms with E-state index in [9.17, 15) is 0 Å².